The van der Waals surface area contributed by atoms with Gasteiger partial charge in [-0.2, -0.15) is 5.10 Å². The van der Waals surface area contributed by atoms with E-state index in [4.69, 9.17) is 5.84 Å². The number of rotatable bonds is 3. The van der Waals surface area contributed by atoms with E-state index in [0.717, 1.165) is 5.56 Å². The number of nitrogens with zero attached hydrogens (tertiary/aromatic N) is 3. The van der Waals surface area contributed by atoms with Crippen molar-refractivity contribution in [1.82, 2.24) is 19.8 Å². The van der Waals surface area contributed by atoms with Crippen molar-refractivity contribution < 1.29 is 4.79 Å². The number of nitrogen functional groups attached to an aromatic ring is 1. The van der Waals surface area contributed by atoms with Gasteiger partial charge < -0.3 is 0 Å². The van der Waals surface area contributed by atoms with Crippen LogP contribution >= 0.6 is 0 Å². The molecule has 0 fully saturated rings. The van der Waals surface area contributed by atoms with Crippen molar-refractivity contribution in [2.45, 2.75) is 6.54 Å². The van der Waals surface area contributed by atoms with Crippen molar-refractivity contribution in [2.24, 2.45) is 12.9 Å². The third kappa shape index (κ3) is 2.30. The fourth-order valence-electron chi connectivity index (χ4n) is 1.60. The highest BCUT2D eigenvalue weighted by Gasteiger charge is 2.06. The summed E-state index contributed by atoms with van der Waals surface area (Å²) in [4.78, 5) is 23.0. The monoisotopic (exact) mass is 247 g/mol. The smallest absolute Gasteiger partial charge is 0.290 e. The van der Waals surface area contributed by atoms with Gasteiger partial charge in [0.15, 0.2) is 0 Å². The van der Waals surface area contributed by atoms with E-state index < -0.39 is 0 Å². The molecule has 7 nitrogen and oxygen atoms in total. The third-order valence-corrected chi connectivity index (χ3v) is 2.54. The van der Waals surface area contributed by atoms with Gasteiger partial charge in [0, 0.05) is 12.6 Å². The fraction of sp³-hybridized carbons (Fsp3) is 0.182. The van der Waals surface area contributed by atoms with Crippen molar-refractivity contribution in [3.05, 3.63) is 52.2 Å². The van der Waals surface area contributed by atoms with E-state index >= 15 is 0 Å². The lowest BCUT2D eigenvalue weighted by Gasteiger charge is -2.03. The van der Waals surface area contributed by atoms with Crippen LogP contribution in [-0.4, -0.2) is 20.3 Å². The van der Waals surface area contributed by atoms with Crippen molar-refractivity contribution >= 4 is 5.91 Å². The quantitative estimate of drug-likeness (QED) is 0.423. The van der Waals surface area contributed by atoms with E-state index in [2.05, 4.69) is 10.5 Å². The fourth-order valence-corrected chi connectivity index (χ4v) is 1.60. The summed E-state index contributed by atoms with van der Waals surface area (Å²) >= 11 is 0. The maximum Gasteiger partial charge on any atom is 0.345 e. The number of carbonyl (C=O) groups is 1. The maximum absolute atomic E-state index is 11.6. The first kappa shape index (κ1) is 12.1. The van der Waals surface area contributed by atoms with Gasteiger partial charge >= 0.3 is 5.69 Å². The number of benzene rings is 1. The Morgan fingerprint density at radius 2 is 2.28 bits per heavy atom. The second-order valence-electron chi connectivity index (χ2n) is 3.86. The van der Waals surface area contributed by atoms with Crippen molar-refractivity contribution in [2.75, 3.05) is 0 Å². The lowest BCUT2D eigenvalue weighted by Crippen LogP contribution is -2.30. The van der Waals surface area contributed by atoms with Gasteiger partial charge in [-0.3, -0.25) is 14.8 Å². The van der Waals surface area contributed by atoms with Crippen LogP contribution in [0, 0.1) is 0 Å². The Morgan fingerprint density at radius 3 is 2.89 bits per heavy atom. The van der Waals surface area contributed by atoms with Gasteiger partial charge in [0.25, 0.3) is 5.91 Å². The number of nitrogens with two attached hydrogens (primary N) is 1. The summed E-state index contributed by atoms with van der Waals surface area (Å²) in [5.74, 6) is 4.69. The Bertz CT molecular complexity index is 628. The molecule has 0 aliphatic carbocycles. The molecule has 18 heavy (non-hydrogen) atoms. The number of carbonyl (C=O) groups excluding carboxylic acids is 1. The first-order valence-corrected chi connectivity index (χ1v) is 5.30. The molecular formula is C11H13N5O2. The minimum atomic E-state index is -0.370. The van der Waals surface area contributed by atoms with Crippen LogP contribution in [0.2, 0.25) is 0 Å². The zero-order valence-corrected chi connectivity index (χ0v) is 9.83. The minimum Gasteiger partial charge on any atom is -0.290 e. The first-order valence-electron chi connectivity index (χ1n) is 5.30. The van der Waals surface area contributed by atoms with E-state index in [-0.39, 0.29) is 11.6 Å². The average Bonchev–Trinajstić information content (AvgIpc) is 2.70. The Morgan fingerprint density at radius 1 is 1.50 bits per heavy atom. The molecule has 1 amide bonds. The van der Waals surface area contributed by atoms with Gasteiger partial charge in [-0.15, -0.1) is 0 Å². The summed E-state index contributed by atoms with van der Waals surface area (Å²) in [5, 5.41) is 3.95. The number of aromatic nitrogens is 3. The number of amides is 1. The van der Waals surface area contributed by atoms with E-state index in [1.165, 1.54) is 15.6 Å². The maximum atomic E-state index is 11.6. The summed E-state index contributed by atoms with van der Waals surface area (Å²) in [6.07, 6.45) is 1.44. The molecule has 0 unspecified atom stereocenters. The summed E-state index contributed by atoms with van der Waals surface area (Å²) < 4.78 is 2.70. The molecule has 0 spiro atoms. The van der Waals surface area contributed by atoms with Crippen molar-refractivity contribution in [3.8, 4) is 0 Å². The molecule has 0 saturated carbocycles. The number of hydrogen-bond donors (Lipinski definition) is 2. The lowest BCUT2D eigenvalue weighted by atomic mass is 10.1. The Hall–Kier alpha value is -2.41. The summed E-state index contributed by atoms with van der Waals surface area (Å²) in [6, 6.07) is 6.86. The van der Waals surface area contributed by atoms with E-state index in [1.807, 2.05) is 6.07 Å². The van der Waals surface area contributed by atoms with Gasteiger partial charge in [-0.1, -0.05) is 12.1 Å². The second kappa shape index (κ2) is 4.84. The van der Waals surface area contributed by atoms with Crippen molar-refractivity contribution in [1.29, 1.82) is 0 Å². The zero-order chi connectivity index (χ0) is 13.1. The normalized spacial score (nSPS) is 10.3. The molecule has 3 N–H and O–H groups in total. The van der Waals surface area contributed by atoms with Crippen LogP contribution in [0.3, 0.4) is 0 Å². The molecule has 0 saturated heterocycles. The molecule has 1 heterocycles. The molecule has 0 aliphatic rings. The van der Waals surface area contributed by atoms with E-state index in [0.29, 0.717) is 12.1 Å². The second-order valence-corrected chi connectivity index (χ2v) is 3.86. The predicted octanol–water partition coefficient (Wildman–Crippen LogP) is -0.766. The van der Waals surface area contributed by atoms with Crippen LogP contribution in [0.25, 0.3) is 0 Å². The van der Waals surface area contributed by atoms with Gasteiger partial charge in [0.1, 0.15) is 6.33 Å². The van der Waals surface area contributed by atoms with Crippen LogP contribution < -0.4 is 17.0 Å². The highest BCUT2D eigenvalue weighted by Crippen LogP contribution is 2.05. The third-order valence-electron chi connectivity index (χ3n) is 2.54. The Kier molecular flexibility index (Phi) is 3.24. The summed E-state index contributed by atoms with van der Waals surface area (Å²) in [6.45, 7) is 0.311. The largest absolute Gasteiger partial charge is 0.345 e. The Balaban J connectivity index is 2.27. The van der Waals surface area contributed by atoms with Gasteiger partial charge in [0.05, 0.1) is 6.54 Å². The van der Waals surface area contributed by atoms with Gasteiger partial charge in [-0.25, -0.2) is 15.3 Å². The lowest BCUT2D eigenvalue weighted by molar-refractivity contribution is 0.0953. The van der Waals surface area contributed by atoms with Gasteiger partial charge in [0.2, 0.25) is 0 Å². The highest BCUT2D eigenvalue weighted by atomic mass is 16.2. The molecular weight excluding hydrogens is 234 g/mol. The van der Waals surface area contributed by atoms with Crippen molar-refractivity contribution in [3.63, 3.8) is 0 Å². The Labute approximate surface area is 103 Å². The van der Waals surface area contributed by atoms with Crippen LogP contribution in [0.15, 0.2) is 35.4 Å². The summed E-state index contributed by atoms with van der Waals surface area (Å²) in [7, 11) is 1.63. The molecule has 0 aliphatic heterocycles. The van der Waals surface area contributed by atoms with E-state index in [9.17, 15) is 9.59 Å². The number of aryl methyl sites for hydroxylation is 1. The average molecular weight is 247 g/mol. The SMILES string of the molecule is Cn1cnn(Cc2cccc(C(=O)NN)c2)c1=O. The number of nitrogens with one attached hydrogen (secondary N) is 1. The van der Waals surface area contributed by atoms with Crippen LogP contribution in [-0.2, 0) is 13.6 Å². The summed E-state index contributed by atoms with van der Waals surface area (Å²) in [5.41, 5.74) is 3.10. The standard InChI is InChI=1S/C11H13N5O2/c1-15-7-13-16(11(15)18)6-8-3-2-4-9(5-8)10(17)14-12/h2-5,7H,6,12H2,1H3,(H,14,17). The predicted molar refractivity (Wildman–Crippen MR) is 64.7 cm³/mol. The van der Waals surface area contributed by atoms with Crippen LogP contribution in [0.4, 0.5) is 0 Å². The first-order chi connectivity index (χ1) is 8.61. The molecule has 2 rings (SSSR count). The molecule has 94 valence electrons. The minimum absolute atomic E-state index is 0.205. The molecule has 1 aromatic carbocycles. The topological polar surface area (TPSA) is 94.9 Å². The number of hydrogen-bond acceptors (Lipinski definition) is 4. The molecule has 0 radical (unpaired) electrons. The van der Waals surface area contributed by atoms with E-state index in [1.54, 1.807) is 25.2 Å². The molecule has 1 aromatic heterocycles. The zero-order valence-electron chi connectivity index (χ0n) is 9.83. The molecule has 0 bridgehead atoms. The highest BCUT2D eigenvalue weighted by molar-refractivity contribution is 5.93. The molecule has 7 heteroatoms. The van der Waals surface area contributed by atoms with Crippen LogP contribution in [0.5, 0.6) is 0 Å². The number of hydrazine groups is 1. The van der Waals surface area contributed by atoms with Crippen LogP contribution in [0.1, 0.15) is 15.9 Å². The molecule has 0 atom stereocenters. The molecule has 2 aromatic rings. The van der Waals surface area contributed by atoms with Gasteiger partial charge in [-0.05, 0) is 17.7 Å².